The Labute approximate surface area is 181 Å². The molecule has 0 saturated heterocycles. The number of nitrogen functional groups attached to an aromatic ring is 1. The zero-order valence-electron chi connectivity index (χ0n) is 14.8. The van der Waals surface area contributed by atoms with Crippen LogP contribution in [0.1, 0.15) is 21.6 Å². The molecule has 2 aromatic carbocycles. The molecule has 0 aliphatic heterocycles. The number of nitrogens with one attached hydrogen (secondary N) is 1. The molecule has 0 radical (unpaired) electrons. The monoisotopic (exact) mass is 473 g/mol. The van der Waals surface area contributed by atoms with Crippen molar-refractivity contribution in [2.24, 2.45) is 0 Å². The molecule has 1 atom stereocenters. The van der Waals surface area contributed by atoms with E-state index in [1.54, 1.807) is 12.1 Å². The molecule has 3 rings (SSSR count). The molecule has 1 aromatic heterocycles. The molecule has 3 N–H and O–H groups in total. The van der Waals surface area contributed by atoms with Crippen LogP contribution in [0.4, 0.5) is 24.5 Å². The first-order chi connectivity index (χ1) is 14.1. The van der Waals surface area contributed by atoms with Gasteiger partial charge in [-0.3, -0.25) is 9.52 Å². The highest BCUT2D eigenvalue weighted by atomic mass is 35.5. The molecular formula is C19H12Cl2F3N3O2S. The van der Waals surface area contributed by atoms with Crippen molar-refractivity contribution < 1.29 is 22.2 Å². The fourth-order valence-electron chi connectivity index (χ4n) is 2.53. The highest BCUT2D eigenvalue weighted by Gasteiger charge is 2.34. The van der Waals surface area contributed by atoms with Gasteiger partial charge in [-0.2, -0.15) is 13.2 Å². The summed E-state index contributed by atoms with van der Waals surface area (Å²) < 4.78 is 54.4. The van der Waals surface area contributed by atoms with Crippen molar-refractivity contribution in [3.63, 3.8) is 0 Å². The number of aromatic nitrogens is 1. The quantitative estimate of drug-likeness (QED) is 0.386. The summed E-state index contributed by atoms with van der Waals surface area (Å²) in [6.45, 7) is 0. The van der Waals surface area contributed by atoms with Crippen LogP contribution in [0.15, 0.2) is 59.6 Å². The van der Waals surface area contributed by atoms with Gasteiger partial charge in [-0.15, -0.1) is 0 Å². The first-order valence-corrected chi connectivity index (χ1v) is 10.1. The minimum Gasteiger partial charge on any atom is -0.398 e. The predicted molar refractivity (Wildman–Crippen MR) is 110 cm³/mol. The minimum atomic E-state index is -4.72. The number of carbonyl (C=O) groups excluding carboxylic acids is 1. The maximum atomic E-state index is 13.1. The van der Waals surface area contributed by atoms with Crippen LogP contribution in [0, 0.1) is 0 Å². The number of benzene rings is 2. The fraction of sp³-hybridized carbons (Fsp3) is 0.0526. The summed E-state index contributed by atoms with van der Waals surface area (Å²) in [7, 11) is -2.18. The largest absolute Gasteiger partial charge is 0.417 e. The highest BCUT2D eigenvalue weighted by molar-refractivity contribution is 7.86. The van der Waals surface area contributed by atoms with E-state index in [2.05, 4.69) is 9.71 Å². The lowest BCUT2D eigenvalue weighted by Gasteiger charge is -2.13. The predicted octanol–water partition coefficient (Wildman–Crippen LogP) is 5.36. The van der Waals surface area contributed by atoms with Gasteiger partial charge >= 0.3 is 6.18 Å². The summed E-state index contributed by atoms with van der Waals surface area (Å²) in [6.07, 6.45) is -3.51. The normalized spacial score (nSPS) is 12.4. The number of hydrogen-bond acceptors (Lipinski definition) is 4. The van der Waals surface area contributed by atoms with E-state index in [4.69, 9.17) is 28.9 Å². The Hall–Kier alpha value is -2.62. The Kier molecular flexibility index (Phi) is 6.35. The Balaban J connectivity index is 1.98. The van der Waals surface area contributed by atoms with Crippen LogP contribution < -0.4 is 10.5 Å². The van der Waals surface area contributed by atoms with Gasteiger partial charge in [0.05, 0.1) is 26.2 Å². The number of nitrogens with zero attached hydrogens (tertiary/aromatic N) is 1. The van der Waals surface area contributed by atoms with Gasteiger partial charge in [0.25, 0.3) is 0 Å². The maximum Gasteiger partial charge on any atom is 0.417 e. The van der Waals surface area contributed by atoms with Crippen molar-refractivity contribution in [3.8, 4) is 0 Å². The second-order valence-electron chi connectivity index (χ2n) is 5.98. The molecule has 0 bridgehead atoms. The molecule has 0 aliphatic carbocycles. The van der Waals surface area contributed by atoms with Gasteiger partial charge in [-0.25, -0.2) is 9.19 Å². The number of ketones is 1. The number of nitrogens with two attached hydrogens (primary N) is 1. The summed E-state index contributed by atoms with van der Waals surface area (Å²) in [4.78, 5) is 16.6. The number of hydrogen-bond donors (Lipinski definition) is 2. The summed E-state index contributed by atoms with van der Waals surface area (Å²) in [6, 6.07) is 10.4. The first-order valence-electron chi connectivity index (χ1n) is 8.18. The SMILES string of the molecule is Nc1ccccc1C(=O)c1ncc(Cl)cc1NS(=O)c1ccc(Cl)c(C(F)(F)F)c1. The molecule has 5 nitrogen and oxygen atoms in total. The van der Waals surface area contributed by atoms with Gasteiger partial charge < -0.3 is 5.73 Å². The average Bonchev–Trinajstić information content (AvgIpc) is 2.67. The summed E-state index contributed by atoms with van der Waals surface area (Å²) >= 11 is 11.5. The van der Waals surface area contributed by atoms with Crippen LogP contribution in [0.2, 0.25) is 10.0 Å². The second kappa shape index (κ2) is 8.63. The van der Waals surface area contributed by atoms with E-state index in [9.17, 15) is 22.2 Å². The van der Waals surface area contributed by atoms with Crippen molar-refractivity contribution in [2.45, 2.75) is 11.1 Å². The lowest BCUT2D eigenvalue weighted by atomic mass is 10.0. The van der Waals surface area contributed by atoms with Gasteiger partial charge in [0, 0.05) is 17.4 Å². The van der Waals surface area contributed by atoms with Gasteiger partial charge in [0.2, 0.25) is 5.78 Å². The van der Waals surface area contributed by atoms with Crippen LogP contribution in [0.25, 0.3) is 0 Å². The zero-order valence-corrected chi connectivity index (χ0v) is 17.2. The number of alkyl halides is 3. The van der Waals surface area contributed by atoms with E-state index in [-0.39, 0.29) is 32.6 Å². The Morgan fingerprint density at radius 2 is 1.80 bits per heavy atom. The molecule has 30 heavy (non-hydrogen) atoms. The number of carbonyl (C=O) groups is 1. The van der Waals surface area contributed by atoms with Crippen LogP contribution in [-0.4, -0.2) is 15.0 Å². The number of pyridine rings is 1. The minimum absolute atomic E-state index is 0.0300. The number of halogens is 5. The Morgan fingerprint density at radius 3 is 2.47 bits per heavy atom. The fourth-order valence-corrected chi connectivity index (χ4v) is 3.80. The summed E-state index contributed by atoms with van der Waals surface area (Å²) in [5.74, 6) is -0.573. The lowest BCUT2D eigenvalue weighted by Crippen LogP contribution is -2.14. The van der Waals surface area contributed by atoms with Gasteiger partial charge in [0.15, 0.2) is 0 Å². The van der Waals surface area contributed by atoms with Crippen LogP contribution in [0.5, 0.6) is 0 Å². The van der Waals surface area contributed by atoms with E-state index in [1.807, 2.05) is 0 Å². The van der Waals surface area contributed by atoms with Gasteiger partial charge in [0.1, 0.15) is 16.7 Å². The van der Waals surface area contributed by atoms with Crippen LogP contribution in [0.3, 0.4) is 0 Å². The summed E-state index contributed by atoms with van der Waals surface area (Å²) in [5, 5.41) is -0.401. The van der Waals surface area contributed by atoms with Crippen molar-refractivity contribution in [1.82, 2.24) is 4.98 Å². The molecule has 0 spiro atoms. The molecular weight excluding hydrogens is 462 g/mol. The van der Waals surface area contributed by atoms with E-state index in [1.165, 1.54) is 30.5 Å². The van der Waals surface area contributed by atoms with E-state index < -0.39 is 33.5 Å². The van der Waals surface area contributed by atoms with E-state index in [0.29, 0.717) is 6.07 Å². The molecule has 0 fully saturated rings. The standard InChI is InChI=1S/C19H12Cl2F3N3O2S/c20-10-7-16(17(26-9-10)18(28)12-3-1-2-4-15(12)25)27-30(29)11-5-6-14(21)13(8-11)19(22,23)24/h1-9,27H,25H2. The molecule has 0 amide bonds. The number of rotatable bonds is 5. The molecule has 0 saturated carbocycles. The molecule has 156 valence electrons. The average molecular weight is 474 g/mol. The third kappa shape index (κ3) is 4.75. The molecule has 0 aliphatic rings. The first kappa shape index (κ1) is 22.1. The number of anilines is 2. The lowest BCUT2D eigenvalue weighted by molar-refractivity contribution is -0.137. The Bertz CT molecular complexity index is 1160. The maximum absolute atomic E-state index is 13.1. The van der Waals surface area contributed by atoms with Crippen molar-refractivity contribution in [1.29, 1.82) is 0 Å². The second-order valence-corrected chi connectivity index (χ2v) is 8.03. The summed E-state index contributed by atoms with van der Waals surface area (Å²) in [5.41, 5.74) is 4.89. The smallest absolute Gasteiger partial charge is 0.398 e. The third-order valence-corrected chi connectivity index (χ3v) is 5.56. The number of para-hydroxylation sites is 1. The third-order valence-electron chi connectivity index (χ3n) is 3.93. The molecule has 1 unspecified atom stereocenters. The van der Waals surface area contributed by atoms with Crippen molar-refractivity contribution in [3.05, 3.63) is 81.6 Å². The van der Waals surface area contributed by atoms with Crippen molar-refractivity contribution >= 4 is 51.3 Å². The molecule has 3 aromatic rings. The van der Waals surface area contributed by atoms with E-state index >= 15 is 0 Å². The zero-order chi connectivity index (χ0) is 22.1. The van der Waals surface area contributed by atoms with Gasteiger partial charge in [-0.05, 0) is 36.4 Å². The highest BCUT2D eigenvalue weighted by Crippen LogP contribution is 2.36. The Morgan fingerprint density at radius 1 is 1.10 bits per heavy atom. The van der Waals surface area contributed by atoms with Crippen molar-refractivity contribution in [2.75, 3.05) is 10.5 Å². The van der Waals surface area contributed by atoms with E-state index in [0.717, 1.165) is 6.07 Å². The van der Waals surface area contributed by atoms with Crippen LogP contribution >= 0.6 is 23.2 Å². The molecule has 11 heteroatoms. The van der Waals surface area contributed by atoms with Gasteiger partial charge in [-0.1, -0.05) is 35.3 Å². The topological polar surface area (TPSA) is 85.1 Å². The molecule has 1 heterocycles. The van der Waals surface area contributed by atoms with Crippen LogP contribution in [-0.2, 0) is 17.2 Å².